The van der Waals surface area contributed by atoms with Gasteiger partial charge in [-0.1, -0.05) is 0 Å². The molecule has 0 saturated heterocycles. The van der Waals surface area contributed by atoms with Crippen LogP contribution < -0.4 is 10.5 Å². The van der Waals surface area contributed by atoms with Gasteiger partial charge >= 0.3 is 0 Å². The third-order valence-electron chi connectivity index (χ3n) is 1.44. The number of aromatic nitrogens is 1. The van der Waals surface area contributed by atoms with Gasteiger partial charge in [0.1, 0.15) is 6.61 Å². The van der Waals surface area contributed by atoms with Crippen LogP contribution in [0.15, 0.2) is 12.1 Å². The fourth-order valence-electron chi connectivity index (χ4n) is 1.04. The molecule has 0 spiro atoms. The van der Waals surface area contributed by atoms with Crippen LogP contribution in [0.2, 0.25) is 0 Å². The fourth-order valence-corrected chi connectivity index (χ4v) is 1.04. The number of nitrogens with zero attached hydrogens (tertiary/aromatic N) is 1. The van der Waals surface area contributed by atoms with Crippen LogP contribution in [0.3, 0.4) is 0 Å². The maximum Gasteiger partial charge on any atom is 0.213 e. The molecule has 3 nitrogen and oxygen atoms in total. The molecule has 1 rings (SSSR count). The Hall–Kier alpha value is -1.09. The molecule has 2 N–H and O–H groups in total. The summed E-state index contributed by atoms with van der Waals surface area (Å²) in [7, 11) is 0. The molecular weight excluding hydrogens is 152 g/mol. The highest BCUT2D eigenvalue weighted by molar-refractivity contribution is 5.23. The van der Waals surface area contributed by atoms with Crippen LogP contribution in [0.5, 0.6) is 5.88 Å². The third kappa shape index (κ3) is 2.51. The van der Waals surface area contributed by atoms with Gasteiger partial charge in [-0.15, -0.1) is 0 Å². The minimum atomic E-state index is 0.522. The van der Waals surface area contributed by atoms with Crippen LogP contribution in [-0.4, -0.2) is 18.1 Å². The number of hydrogen-bond donors (Lipinski definition) is 1. The summed E-state index contributed by atoms with van der Waals surface area (Å²) in [6.07, 6.45) is 0. The quantitative estimate of drug-likeness (QED) is 0.729. The molecule has 1 heterocycles. The normalized spacial score (nSPS) is 9.92. The lowest BCUT2D eigenvalue weighted by Gasteiger charge is -2.04. The van der Waals surface area contributed by atoms with Crippen LogP contribution in [0.4, 0.5) is 0 Å². The van der Waals surface area contributed by atoms with Gasteiger partial charge in [-0.25, -0.2) is 4.98 Å². The summed E-state index contributed by atoms with van der Waals surface area (Å²) in [6, 6.07) is 3.91. The van der Waals surface area contributed by atoms with Gasteiger partial charge in [0.2, 0.25) is 5.88 Å². The molecule has 0 aliphatic heterocycles. The molecule has 1 aromatic heterocycles. The molecule has 0 atom stereocenters. The second-order valence-electron chi connectivity index (χ2n) is 2.76. The van der Waals surface area contributed by atoms with Crippen molar-refractivity contribution < 1.29 is 4.74 Å². The van der Waals surface area contributed by atoms with Crippen LogP contribution in [-0.2, 0) is 0 Å². The predicted molar refractivity (Wildman–Crippen MR) is 48.3 cm³/mol. The highest BCUT2D eigenvalue weighted by atomic mass is 16.5. The lowest BCUT2D eigenvalue weighted by Crippen LogP contribution is -2.11. The van der Waals surface area contributed by atoms with Crippen molar-refractivity contribution in [3.05, 3.63) is 23.4 Å². The number of ether oxygens (including phenoxy) is 1. The van der Waals surface area contributed by atoms with Crippen LogP contribution >= 0.6 is 0 Å². The van der Waals surface area contributed by atoms with Crippen molar-refractivity contribution >= 4 is 0 Å². The second kappa shape index (κ2) is 4.07. The first-order chi connectivity index (χ1) is 5.72. The highest BCUT2D eigenvalue weighted by Crippen LogP contribution is 2.10. The van der Waals surface area contributed by atoms with Crippen molar-refractivity contribution in [2.45, 2.75) is 13.8 Å². The summed E-state index contributed by atoms with van der Waals surface area (Å²) in [5, 5.41) is 0. The van der Waals surface area contributed by atoms with Crippen molar-refractivity contribution in [3.8, 4) is 5.88 Å². The zero-order chi connectivity index (χ0) is 8.97. The Balaban J connectivity index is 2.72. The summed E-state index contributed by atoms with van der Waals surface area (Å²) in [4.78, 5) is 4.19. The monoisotopic (exact) mass is 166 g/mol. The molecular formula is C9H14N2O. The van der Waals surface area contributed by atoms with E-state index >= 15 is 0 Å². The smallest absolute Gasteiger partial charge is 0.213 e. The number of hydrogen-bond acceptors (Lipinski definition) is 3. The van der Waals surface area contributed by atoms with Crippen LogP contribution in [0.25, 0.3) is 0 Å². The Bertz CT molecular complexity index is 240. The van der Waals surface area contributed by atoms with Crippen molar-refractivity contribution in [1.82, 2.24) is 4.98 Å². The van der Waals surface area contributed by atoms with E-state index in [0.717, 1.165) is 11.3 Å². The Morgan fingerprint density at radius 1 is 1.42 bits per heavy atom. The fraction of sp³-hybridized carbons (Fsp3) is 0.444. The van der Waals surface area contributed by atoms with Crippen molar-refractivity contribution in [2.24, 2.45) is 5.73 Å². The van der Waals surface area contributed by atoms with Crippen molar-refractivity contribution in [2.75, 3.05) is 13.2 Å². The minimum Gasteiger partial charge on any atom is -0.476 e. The van der Waals surface area contributed by atoms with E-state index in [1.807, 2.05) is 26.0 Å². The molecule has 66 valence electrons. The van der Waals surface area contributed by atoms with Crippen LogP contribution in [0, 0.1) is 13.8 Å². The first-order valence-electron chi connectivity index (χ1n) is 4.00. The average Bonchev–Trinajstić information content (AvgIpc) is 1.99. The van der Waals surface area contributed by atoms with Crippen molar-refractivity contribution in [3.63, 3.8) is 0 Å². The van der Waals surface area contributed by atoms with E-state index in [2.05, 4.69) is 4.98 Å². The van der Waals surface area contributed by atoms with Crippen LogP contribution in [0.1, 0.15) is 11.3 Å². The molecule has 1 aromatic rings. The summed E-state index contributed by atoms with van der Waals surface area (Å²) >= 11 is 0. The molecule has 0 amide bonds. The van der Waals surface area contributed by atoms with E-state index < -0.39 is 0 Å². The Kier molecular flexibility index (Phi) is 3.05. The molecule has 0 fully saturated rings. The number of aryl methyl sites for hydroxylation is 2. The van der Waals surface area contributed by atoms with E-state index in [0.29, 0.717) is 19.0 Å². The molecule has 0 unspecified atom stereocenters. The maximum atomic E-state index is 5.30. The molecule has 0 saturated carbocycles. The average molecular weight is 166 g/mol. The van der Waals surface area contributed by atoms with E-state index in [1.165, 1.54) is 0 Å². The first-order valence-corrected chi connectivity index (χ1v) is 4.00. The standard InChI is InChI=1S/C9H14N2O/c1-7-5-8(2)11-9(6-7)12-4-3-10/h5-6H,3-4,10H2,1-2H3. The topological polar surface area (TPSA) is 48.1 Å². The van der Waals surface area contributed by atoms with Crippen molar-refractivity contribution in [1.29, 1.82) is 0 Å². The summed E-state index contributed by atoms with van der Waals surface area (Å²) < 4.78 is 5.28. The van der Waals surface area contributed by atoms with Gasteiger partial charge in [0.05, 0.1) is 0 Å². The van der Waals surface area contributed by atoms with E-state index in [4.69, 9.17) is 10.5 Å². The molecule has 0 aliphatic carbocycles. The van der Waals surface area contributed by atoms with Gasteiger partial charge in [-0.2, -0.15) is 0 Å². The molecule has 0 bridgehead atoms. The summed E-state index contributed by atoms with van der Waals surface area (Å²) in [5.41, 5.74) is 7.44. The van der Waals surface area contributed by atoms with Gasteiger partial charge in [-0.05, 0) is 25.5 Å². The number of nitrogens with two attached hydrogens (primary N) is 1. The predicted octanol–water partition coefficient (Wildman–Crippen LogP) is 1.04. The molecule has 12 heavy (non-hydrogen) atoms. The van der Waals surface area contributed by atoms with E-state index in [-0.39, 0.29) is 0 Å². The lowest BCUT2D eigenvalue weighted by atomic mass is 10.2. The van der Waals surface area contributed by atoms with E-state index in [1.54, 1.807) is 0 Å². The van der Waals surface area contributed by atoms with Gasteiger partial charge in [-0.3, -0.25) is 0 Å². The van der Waals surface area contributed by atoms with E-state index in [9.17, 15) is 0 Å². The van der Waals surface area contributed by atoms with Gasteiger partial charge in [0, 0.05) is 18.3 Å². The van der Waals surface area contributed by atoms with Gasteiger partial charge in [0.25, 0.3) is 0 Å². The molecule has 0 aromatic carbocycles. The maximum absolute atomic E-state index is 5.30. The van der Waals surface area contributed by atoms with Gasteiger partial charge in [0.15, 0.2) is 0 Å². The first kappa shape index (κ1) is 9.00. The zero-order valence-electron chi connectivity index (χ0n) is 7.50. The molecule has 0 radical (unpaired) electrons. The third-order valence-corrected chi connectivity index (χ3v) is 1.44. The number of rotatable bonds is 3. The SMILES string of the molecule is Cc1cc(C)nc(OCCN)c1. The summed E-state index contributed by atoms with van der Waals surface area (Å²) in [6.45, 7) is 5.01. The Morgan fingerprint density at radius 2 is 2.17 bits per heavy atom. The number of pyridine rings is 1. The Morgan fingerprint density at radius 3 is 2.75 bits per heavy atom. The highest BCUT2D eigenvalue weighted by Gasteiger charge is 1.96. The minimum absolute atomic E-state index is 0.522. The largest absolute Gasteiger partial charge is 0.476 e. The molecule has 0 aliphatic rings. The zero-order valence-corrected chi connectivity index (χ0v) is 7.50. The lowest BCUT2D eigenvalue weighted by molar-refractivity contribution is 0.315. The van der Waals surface area contributed by atoms with Gasteiger partial charge < -0.3 is 10.5 Å². The summed E-state index contributed by atoms with van der Waals surface area (Å²) in [5.74, 6) is 0.665. The Labute approximate surface area is 72.6 Å². The second-order valence-corrected chi connectivity index (χ2v) is 2.76. The molecule has 3 heteroatoms.